The Labute approximate surface area is 305 Å². The van der Waals surface area contributed by atoms with Crippen molar-refractivity contribution in [1.82, 2.24) is 4.90 Å². The van der Waals surface area contributed by atoms with Crippen molar-refractivity contribution in [1.29, 1.82) is 0 Å². The Balaban J connectivity index is 4.06. The Kier molecular flexibility index (Phi) is 32.4. The Hall–Kier alpha value is -1.62. The molecule has 0 N–H and O–H groups in total. The quantitative estimate of drug-likeness (QED) is 0.0382. The van der Waals surface area contributed by atoms with Gasteiger partial charge in [0.1, 0.15) is 0 Å². The van der Waals surface area contributed by atoms with Crippen LogP contribution in [0.5, 0.6) is 0 Å². The van der Waals surface area contributed by atoms with Gasteiger partial charge < -0.3 is 14.4 Å². The summed E-state index contributed by atoms with van der Waals surface area (Å²) in [6.07, 6.45) is 32.1. The van der Waals surface area contributed by atoms with Crippen LogP contribution in [0.2, 0.25) is 0 Å². The molecule has 0 aromatic rings. The van der Waals surface area contributed by atoms with Gasteiger partial charge >= 0.3 is 11.9 Å². The number of nitrogens with zero attached hydrogens (tertiary/aromatic N) is 1. The number of hydrogen-bond donors (Lipinski definition) is 0. The fourth-order valence-corrected chi connectivity index (χ4v) is 6.43. The van der Waals surface area contributed by atoms with Crippen molar-refractivity contribution in [3.63, 3.8) is 0 Å². The van der Waals surface area contributed by atoms with Crippen LogP contribution in [-0.2, 0) is 19.1 Å². The van der Waals surface area contributed by atoms with Crippen LogP contribution < -0.4 is 0 Å². The summed E-state index contributed by atoms with van der Waals surface area (Å²) in [5.41, 5.74) is 2.75. The maximum absolute atomic E-state index is 12.1. The molecule has 5 nitrogen and oxygen atoms in total. The van der Waals surface area contributed by atoms with Crippen LogP contribution in [-0.4, -0.2) is 50.7 Å². The van der Waals surface area contributed by atoms with E-state index in [0.717, 1.165) is 70.1 Å². The summed E-state index contributed by atoms with van der Waals surface area (Å²) in [6.45, 7) is 15.4. The molecule has 0 amide bonds. The van der Waals surface area contributed by atoms with Gasteiger partial charge in [0.2, 0.25) is 0 Å². The van der Waals surface area contributed by atoms with Gasteiger partial charge in [0.15, 0.2) is 0 Å². The summed E-state index contributed by atoms with van der Waals surface area (Å²) < 4.78 is 11.0. The summed E-state index contributed by atoms with van der Waals surface area (Å²) in [5, 5.41) is 0. The Bertz CT molecular complexity index is 780. The maximum atomic E-state index is 12.1. The molecule has 0 bridgehead atoms. The van der Waals surface area contributed by atoms with Crippen molar-refractivity contribution in [3.8, 4) is 0 Å². The van der Waals surface area contributed by atoms with Crippen LogP contribution in [0.1, 0.15) is 196 Å². The van der Waals surface area contributed by atoms with Crippen LogP contribution in [0.25, 0.3) is 0 Å². The molecule has 0 aliphatic heterocycles. The highest BCUT2D eigenvalue weighted by atomic mass is 16.5. The fraction of sp³-hybridized carbons (Fsp3) is 0.864. The van der Waals surface area contributed by atoms with Gasteiger partial charge in [-0.15, -0.1) is 0 Å². The second-order valence-electron chi connectivity index (χ2n) is 16.1. The van der Waals surface area contributed by atoms with Crippen molar-refractivity contribution in [2.75, 3.05) is 33.9 Å². The van der Waals surface area contributed by atoms with Crippen LogP contribution in [0.3, 0.4) is 0 Å². The van der Waals surface area contributed by atoms with Crippen LogP contribution in [0.15, 0.2) is 23.3 Å². The van der Waals surface area contributed by atoms with Gasteiger partial charge in [-0.25, -0.2) is 0 Å². The second kappa shape index (κ2) is 33.5. The molecule has 0 aliphatic carbocycles. The molecule has 0 rings (SSSR count). The van der Waals surface area contributed by atoms with Crippen LogP contribution in [0.4, 0.5) is 0 Å². The first-order chi connectivity index (χ1) is 23.5. The van der Waals surface area contributed by atoms with E-state index in [2.05, 4.69) is 72.7 Å². The van der Waals surface area contributed by atoms with Gasteiger partial charge in [-0.3, -0.25) is 9.59 Å². The minimum absolute atomic E-state index is 0.0165. The van der Waals surface area contributed by atoms with Gasteiger partial charge in [-0.2, -0.15) is 0 Å². The highest BCUT2D eigenvalue weighted by molar-refractivity contribution is 5.69. The maximum Gasteiger partial charge on any atom is 0.305 e. The molecule has 5 heteroatoms. The monoisotopic (exact) mass is 690 g/mol. The number of hydrogen-bond acceptors (Lipinski definition) is 5. The van der Waals surface area contributed by atoms with E-state index in [1.165, 1.54) is 94.7 Å². The smallest absolute Gasteiger partial charge is 0.305 e. The van der Waals surface area contributed by atoms with Gasteiger partial charge in [0.25, 0.3) is 0 Å². The zero-order valence-electron chi connectivity index (χ0n) is 34.1. The van der Waals surface area contributed by atoms with Gasteiger partial charge in [-0.1, -0.05) is 121 Å². The number of allylic oxidation sites excluding steroid dienone is 4. The van der Waals surface area contributed by atoms with E-state index >= 15 is 0 Å². The van der Waals surface area contributed by atoms with Gasteiger partial charge in [0, 0.05) is 12.8 Å². The molecule has 49 heavy (non-hydrogen) atoms. The molecule has 0 saturated carbocycles. The van der Waals surface area contributed by atoms with Crippen molar-refractivity contribution < 1.29 is 19.1 Å². The predicted molar refractivity (Wildman–Crippen MR) is 212 cm³/mol. The van der Waals surface area contributed by atoms with Gasteiger partial charge in [-0.05, 0) is 124 Å². The zero-order chi connectivity index (χ0) is 36.5. The van der Waals surface area contributed by atoms with E-state index in [-0.39, 0.29) is 11.9 Å². The molecular formula is C44H83NO4. The molecule has 0 aromatic heterocycles. The topological polar surface area (TPSA) is 55.8 Å². The number of ether oxygens (including phenoxy) is 2. The number of carbonyl (C=O) groups excluding carboxylic acids is 2. The minimum Gasteiger partial charge on any atom is -0.466 e. The lowest BCUT2D eigenvalue weighted by molar-refractivity contribution is -0.145. The Morgan fingerprint density at radius 1 is 0.510 bits per heavy atom. The van der Waals surface area contributed by atoms with E-state index < -0.39 is 0 Å². The third-order valence-corrected chi connectivity index (χ3v) is 9.88. The molecule has 0 aliphatic rings. The van der Waals surface area contributed by atoms with Crippen molar-refractivity contribution >= 4 is 11.9 Å². The van der Waals surface area contributed by atoms with Crippen LogP contribution >= 0.6 is 0 Å². The number of esters is 2. The van der Waals surface area contributed by atoms with E-state index in [0.29, 0.717) is 37.9 Å². The lowest BCUT2D eigenvalue weighted by Gasteiger charge is -2.17. The van der Waals surface area contributed by atoms with Crippen molar-refractivity contribution in [2.45, 2.75) is 196 Å². The largest absolute Gasteiger partial charge is 0.466 e. The molecule has 288 valence electrons. The molecule has 0 fully saturated rings. The summed E-state index contributed by atoms with van der Waals surface area (Å²) in [5.74, 6) is 2.01. The van der Waals surface area contributed by atoms with Crippen molar-refractivity contribution in [2.24, 2.45) is 17.8 Å². The van der Waals surface area contributed by atoms with Gasteiger partial charge in [0.05, 0.1) is 13.2 Å². The third kappa shape index (κ3) is 36.0. The second-order valence-corrected chi connectivity index (χ2v) is 16.1. The highest BCUT2D eigenvalue weighted by Crippen LogP contribution is 2.24. The van der Waals surface area contributed by atoms with E-state index in [1.807, 2.05) is 0 Å². The summed E-state index contributed by atoms with van der Waals surface area (Å²) in [6, 6.07) is 0. The molecule has 0 radical (unpaired) electrons. The molecule has 0 spiro atoms. The molecular weight excluding hydrogens is 606 g/mol. The minimum atomic E-state index is -0.0165. The highest BCUT2D eigenvalue weighted by Gasteiger charge is 2.11. The Morgan fingerprint density at radius 2 is 0.878 bits per heavy atom. The first-order valence-corrected chi connectivity index (χ1v) is 20.7. The molecule has 0 heterocycles. The summed E-state index contributed by atoms with van der Waals surface area (Å²) in [4.78, 5) is 26.6. The summed E-state index contributed by atoms with van der Waals surface area (Å²) >= 11 is 0. The lowest BCUT2D eigenvalue weighted by Crippen LogP contribution is -2.12. The number of unbranched alkanes of at least 4 members (excludes halogenated alkanes) is 10. The normalized spacial score (nSPS) is 13.2. The molecule has 0 aromatic carbocycles. The average Bonchev–Trinajstić information content (AvgIpc) is 3.02. The third-order valence-electron chi connectivity index (χ3n) is 9.88. The number of rotatable bonds is 34. The van der Waals surface area contributed by atoms with E-state index in [9.17, 15) is 9.59 Å². The van der Waals surface area contributed by atoms with Crippen molar-refractivity contribution in [3.05, 3.63) is 23.3 Å². The van der Waals surface area contributed by atoms with E-state index in [4.69, 9.17) is 9.47 Å². The molecule has 0 saturated heterocycles. The predicted octanol–water partition coefficient (Wildman–Crippen LogP) is 12.8. The zero-order valence-corrected chi connectivity index (χ0v) is 34.1. The standard InChI is InChI=1S/C44H83NO4/c1-38(2)24-22-26-40(5)33-36-48-43(46)31-19-13-9-11-16-28-42(30-18-15-21-35-45(7)8)29-17-12-10-14-20-32-44(47)49-37-34-41(6)27-23-25-39(3)4/h24-25,40-42H,9-23,26-37H2,1-8H3. The fourth-order valence-electron chi connectivity index (χ4n) is 6.43. The Morgan fingerprint density at radius 3 is 1.27 bits per heavy atom. The molecule has 2 unspecified atom stereocenters. The SMILES string of the molecule is CC(C)=CCCC(C)CCOC(=O)CCCCCCCC(CCCCCCCC(=O)OCCC(C)CCC=C(C)C)CCCCCN(C)C. The first-order valence-electron chi connectivity index (χ1n) is 20.7. The summed E-state index contributed by atoms with van der Waals surface area (Å²) in [7, 11) is 4.33. The van der Waals surface area contributed by atoms with E-state index in [1.54, 1.807) is 0 Å². The van der Waals surface area contributed by atoms with Crippen LogP contribution in [0, 0.1) is 17.8 Å². The average molecular weight is 690 g/mol. The first kappa shape index (κ1) is 47.4. The molecule has 2 atom stereocenters. The lowest BCUT2D eigenvalue weighted by atomic mass is 9.89. The number of carbonyl (C=O) groups is 2.